The lowest BCUT2D eigenvalue weighted by Gasteiger charge is -2.36. The summed E-state index contributed by atoms with van der Waals surface area (Å²) in [5.74, 6) is 3.48. The molecule has 33 heavy (non-hydrogen) atoms. The second-order valence-electron chi connectivity index (χ2n) is 8.18. The Labute approximate surface area is 193 Å². The number of aryl methyl sites for hydroxylation is 2. The van der Waals surface area contributed by atoms with Gasteiger partial charge in [0, 0.05) is 49.7 Å². The average molecular weight is 445 g/mol. The van der Waals surface area contributed by atoms with Gasteiger partial charge in [-0.25, -0.2) is 9.97 Å². The van der Waals surface area contributed by atoms with Crippen LogP contribution in [0.4, 0.5) is 11.6 Å². The molecule has 5 rings (SSSR count). The van der Waals surface area contributed by atoms with E-state index < -0.39 is 0 Å². The Morgan fingerprint density at radius 2 is 1.61 bits per heavy atom. The van der Waals surface area contributed by atoms with Gasteiger partial charge in [0.1, 0.15) is 11.6 Å². The number of pyridine rings is 1. The Bertz CT molecular complexity index is 1280. The standard InChI is InChI=1S/C25H28N6O2/c1-17-15-23(30-13-11-29(12-14-30)22-7-5-6-10-26-22)31-25(27-17)24(18(2)28-31)19-8-9-20(32-3)21(16-19)33-4/h5-10,15-16H,11-14H2,1-4H3. The topological polar surface area (TPSA) is 68.0 Å². The molecule has 0 spiro atoms. The SMILES string of the molecule is COc1ccc(-c2c(C)nn3c(N4CCN(c5ccccn5)CC4)cc(C)nc23)cc1OC. The molecule has 4 aromatic rings. The summed E-state index contributed by atoms with van der Waals surface area (Å²) in [4.78, 5) is 14.1. The van der Waals surface area contributed by atoms with Crippen LogP contribution in [0.25, 0.3) is 16.8 Å². The van der Waals surface area contributed by atoms with Crippen molar-refractivity contribution < 1.29 is 9.47 Å². The minimum Gasteiger partial charge on any atom is -0.493 e. The molecule has 170 valence electrons. The van der Waals surface area contributed by atoms with Crippen LogP contribution in [0.5, 0.6) is 11.5 Å². The molecule has 1 aliphatic rings. The predicted molar refractivity (Wildman–Crippen MR) is 130 cm³/mol. The highest BCUT2D eigenvalue weighted by molar-refractivity contribution is 5.82. The summed E-state index contributed by atoms with van der Waals surface area (Å²) in [6, 6.07) is 14.1. The summed E-state index contributed by atoms with van der Waals surface area (Å²) in [6.45, 7) is 7.65. The van der Waals surface area contributed by atoms with Crippen molar-refractivity contribution in [2.45, 2.75) is 13.8 Å². The number of fused-ring (bicyclic) bond motifs is 1. The molecular weight excluding hydrogens is 416 g/mol. The first kappa shape index (κ1) is 21.1. The van der Waals surface area contributed by atoms with Gasteiger partial charge in [-0.3, -0.25) is 0 Å². The van der Waals surface area contributed by atoms with Crippen molar-refractivity contribution in [1.82, 2.24) is 19.6 Å². The number of hydrogen-bond donors (Lipinski definition) is 0. The maximum absolute atomic E-state index is 5.53. The van der Waals surface area contributed by atoms with E-state index in [0.717, 1.165) is 66.0 Å². The number of nitrogens with zero attached hydrogens (tertiary/aromatic N) is 6. The summed E-state index contributed by atoms with van der Waals surface area (Å²) in [5.41, 5.74) is 4.75. The molecule has 4 heterocycles. The van der Waals surface area contributed by atoms with Crippen LogP contribution in [0.2, 0.25) is 0 Å². The summed E-state index contributed by atoms with van der Waals surface area (Å²) >= 11 is 0. The zero-order chi connectivity index (χ0) is 22.9. The number of benzene rings is 1. The van der Waals surface area contributed by atoms with E-state index in [1.54, 1.807) is 14.2 Å². The maximum atomic E-state index is 5.53. The molecule has 8 heteroatoms. The molecule has 0 unspecified atom stereocenters. The van der Waals surface area contributed by atoms with Crippen LogP contribution in [0.3, 0.4) is 0 Å². The highest BCUT2D eigenvalue weighted by atomic mass is 16.5. The highest BCUT2D eigenvalue weighted by Crippen LogP contribution is 2.36. The zero-order valence-corrected chi connectivity index (χ0v) is 19.4. The fourth-order valence-corrected chi connectivity index (χ4v) is 4.49. The molecule has 1 fully saturated rings. The lowest BCUT2D eigenvalue weighted by atomic mass is 10.1. The molecule has 1 aromatic carbocycles. The number of anilines is 2. The van der Waals surface area contributed by atoms with Gasteiger partial charge in [0.05, 0.1) is 19.9 Å². The van der Waals surface area contributed by atoms with Gasteiger partial charge in [-0.2, -0.15) is 9.61 Å². The number of aromatic nitrogens is 4. The smallest absolute Gasteiger partial charge is 0.165 e. The van der Waals surface area contributed by atoms with Gasteiger partial charge in [0.2, 0.25) is 0 Å². The minimum absolute atomic E-state index is 0.687. The van der Waals surface area contributed by atoms with Crippen molar-refractivity contribution in [3.63, 3.8) is 0 Å². The number of hydrogen-bond acceptors (Lipinski definition) is 7. The average Bonchev–Trinajstić information content (AvgIpc) is 3.19. The Hall–Kier alpha value is -3.81. The second kappa shape index (κ2) is 8.61. The van der Waals surface area contributed by atoms with Crippen molar-refractivity contribution in [2.24, 2.45) is 0 Å². The van der Waals surface area contributed by atoms with Crippen LogP contribution >= 0.6 is 0 Å². The van der Waals surface area contributed by atoms with Crippen molar-refractivity contribution >= 4 is 17.3 Å². The normalized spacial score (nSPS) is 14.1. The quantitative estimate of drug-likeness (QED) is 0.464. The first-order valence-electron chi connectivity index (χ1n) is 11.1. The third-order valence-corrected chi connectivity index (χ3v) is 6.12. The molecule has 0 saturated carbocycles. The van der Waals surface area contributed by atoms with E-state index in [1.165, 1.54) is 0 Å². The second-order valence-corrected chi connectivity index (χ2v) is 8.18. The third kappa shape index (κ3) is 3.82. The number of rotatable bonds is 5. The van der Waals surface area contributed by atoms with Gasteiger partial charge < -0.3 is 19.3 Å². The van der Waals surface area contributed by atoms with Crippen LogP contribution in [-0.2, 0) is 0 Å². The number of piperazine rings is 1. The molecule has 0 N–H and O–H groups in total. The lowest BCUT2D eigenvalue weighted by Crippen LogP contribution is -2.47. The van der Waals surface area contributed by atoms with Gasteiger partial charge in [-0.05, 0) is 43.7 Å². The third-order valence-electron chi connectivity index (χ3n) is 6.12. The van der Waals surface area contributed by atoms with Gasteiger partial charge >= 0.3 is 0 Å². The van der Waals surface area contributed by atoms with Crippen molar-refractivity contribution in [1.29, 1.82) is 0 Å². The number of ether oxygens (including phenoxy) is 2. The van der Waals surface area contributed by atoms with Crippen molar-refractivity contribution in [3.8, 4) is 22.6 Å². The fraction of sp³-hybridized carbons (Fsp3) is 0.320. The molecule has 3 aromatic heterocycles. The van der Waals surface area contributed by atoms with Gasteiger partial charge in [-0.1, -0.05) is 12.1 Å². The van der Waals surface area contributed by atoms with E-state index in [4.69, 9.17) is 19.6 Å². The summed E-state index contributed by atoms with van der Waals surface area (Å²) in [5, 5.41) is 4.90. The molecule has 0 bridgehead atoms. The van der Waals surface area contributed by atoms with Crippen LogP contribution in [0.15, 0.2) is 48.7 Å². The molecule has 1 saturated heterocycles. The van der Waals surface area contributed by atoms with E-state index in [9.17, 15) is 0 Å². The van der Waals surface area contributed by atoms with E-state index >= 15 is 0 Å². The Balaban J connectivity index is 1.51. The maximum Gasteiger partial charge on any atom is 0.165 e. The van der Waals surface area contributed by atoms with E-state index in [1.807, 2.05) is 54.9 Å². The van der Waals surface area contributed by atoms with Crippen LogP contribution in [-0.4, -0.2) is 60.0 Å². The first-order chi connectivity index (χ1) is 16.1. The number of methoxy groups -OCH3 is 2. The van der Waals surface area contributed by atoms with E-state index in [-0.39, 0.29) is 0 Å². The Morgan fingerprint density at radius 1 is 0.848 bits per heavy atom. The van der Waals surface area contributed by atoms with Crippen molar-refractivity contribution in [2.75, 3.05) is 50.2 Å². The van der Waals surface area contributed by atoms with Gasteiger partial charge in [0.15, 0.2) is 17.1 Å². The largest absolute Gasteiger partial charge is 0.493 e. The molecule has 8 nitrogen and oxygen atoms in total. The predicted octanol–water partition coefficient (Wildman–Crippen LogP) is 3.75. The van der Waals surface area contributed by atoms with Crippen LogP contribution in [0, 0.1) is 13.8 Å². The zero-order valence-electron chi connectivity index (χ0n) is 19.4. The molecule has 0 atom stereocenters. The van der Waals surface area contributed by atoms with Crippen LogP contribution in [0.1, 0.15) is 11.4 Å². The van der Waals surface area contributed by atoms with E-state index in [0.29, 0.717) is 11.5 Å². The summed E-state index contributed by atoms with van der Waals surface area (Å²) in [7, 11) is 3.29. The monoisotopic (exact) mass is 444 g/mol. The van der Waals surface area contributed by atoms with Crippen molar-refractivity contribution in [3.05, 3.63) is 60.0 Å². The molecule has 0 radical (unpaired) electrons. The van der Waals surface area contributed by atoms with Gasteiger partial charge in [-0.15, -0.1) is 0 Å². The molecule has 0 aliphatic carbocycles. The molecule has 1 aliphatic heterocycles. The molecule has 0 amide bonds. The van der Waals surface area contributed by atoms with Crippen LogP contribution < -0.4 is 19.3 Å². The van der Waals surface area contributed by atoms with Gasteiger partial charge in [0.25, 0.3) is 0 Å². The first-order valence-corrected chi connectivity index (χ1v) is 11.1. The Morgan fingerprint density at radius 3 is 2.30 bits per heavy atom. The molecular formula is C25H28N6O2. The fourth-order valence-electron chi connectivity index (χ4n) is 4.49. The summed E-state index contributed by atoms with van der Waals surface area (Å²) in [6.07, 6.45) is 1.85. The summed E-state index contributed by atoms with van der Waals surface area (Å²) < 4.78 is 12.9. The van der Waals surface area contributed by atoms with E-state index in [2.05, 4.69) is 26.9 Å². The lowest BCUT2D eigenvalue weighted by molar-refractivity contribution is 0.355. The minimum atomic E-state index is 0.687. The highest BCUT2D eigenvalue weighted by Gasteiger charge is 2.23. The Kier molecular flexibility index (Phi) is 5.50.